The summed E-state index contributed by atoms with van der Waals surface area (Å²) in [7, 11) is 0. The van der Waals surface area contributed by atoms with E-state index in [1.54, 1.807) is 16.7 Å². The zero-order valence-electron chi connectivity index (χ0n) is 7.44. The molecule has 1 unspecified atom stereocenters. The van der Waals surface area contributed by atoms with Crippen LogP contribution >= 0.6 is 0 Å². The molecule has 0 saturated heterocycles. The summed E-state index contributed by atoms with van der Waals surface area (Å²) in [5.41, 5.74) is 1.06. The van der Waals surface area contributed by atoms with Crippen LogP contribution in [0.4, 0.5) is 0 Å². The van der Waals surface area contributed by atoms with Gasteiger partial charge in [0.2, 0.25) is 0 Å². The summed E-state index contributed by atoms with van der Waals surface area (Å²) in [5.74, 6) is 0. The van der Waals surface area contributed by atoms with E-state index >= 15 is 0 Å². The van der Waals surface area contributed by atoms with Gasteiger partial charge in [0.05, 0.1) is 12.6 Å². The number of hydrogen-bond donors (Lipinski definition) is 1. The van der Waals surface area contributed by atoms with Crippen LogP contribution in [0.15, 0.2) is 23.0 Å². The first-order valence-corrected chi connectivity index (χ1v) is 4.64. The van der Waals surface area contributed by atoms with Crippen molar-refractivity contribution >= 4 is 0 Å². The van der Waals surface area contributed by atoms with Gasteiger partial charge in [-0.1, -0.05) is 6.07 Å². The van der Waals surface area contributed by atoms with Gasteiger partial charge in [-0.3, -0.25) is 4.79 Å². The molecular formula is C10H13NO2. The number of hydrogen-bond acceptors (Lipinski definition) is 2. The molecule has 1 aliphatic rings. The third-order valence-electron chi connectivity index (χ3n) is 2.62. The van der Waals surface area contributed by atoms with E-state index in [0.717, 1.165) is 25.0 Å². The summed E-state index contributed by atoms with van der Waals surface area (Å²) < 4.78 is 1.73. The maximum atomic E-state index is 11.5. The van der Waals surface area contributed by atoms with Crippen molar-refractivity contribution in [1.29, 1.82) is 0 Å². The number of fused-ring (bicyclic) bond motifs is 1. The van der Waals surface area contributed by atoms with Crippen LogP contribution in [-0.4, -0.2) is 16.3 Å². The first-order valence-electron chi connectivity index (χ1n) is 4.64. The van der Waals surface area contributed by atoms with Crippen LogP contribution in [0.25, 0.3) is 0 Å². The fourth-order valence-electron chi connectivity index (χ4n) is 1.98. The zero-order valence-corrected chi connectivity index (χ0v) is 7.44. The van der Waals surface area contributed by atoms with Crippen molar-refractivity contribution in [2.75, 3.05) is 6.61 Å². The van der Waals surface area contributed by atoms with Crippen molar-refractivity contribution in [1.82, 2.24) is 4.57 Å². The Morgan fingerprint density at radius 1 is 1.54 bits per heavy atom. The van der Waals surface area contributed by atoms with Crippen LogP contribution in [0.2, 0.25) is 0 Å². The molecule has 0 radical (unpaired) electrons. The van der Waals surface area contributed by atoms with Gasteiger partial charge < -0.3 is 9.67 Å². The largest absolute Gasteiger partial charge is 0.394 e. The molecule has 0 aliphatic carbocycles. The van der Waals surface area contributed by atoms with Gasteiger partial charge >= 0.3 is 0 Å². The predicted molar refractivity (Wildman–Crippen MR) is 49.8 cm³/mol. The van der Waals surface area contributed by atoms with Gasteiger partial charge in [0.25, 0.3) is 5.56 Å². The van der Waals surface area contributed by atoms with Crippen molar-refractivity contribution in [3.05, 3.63) is 34.2 Å². The fourth-order valence-corrected chi connectivity index (χ4v) is 1.98. The summed E-state index contributed by atoms with van der Waals surface area (Å²) in [6.45, 7) is 0.0664. The highest BCUT2D eigenvalue weighted by Crippen LogP contribution is 2.21. The summed E-state index contributed by atoms with van der Waals surface area (Å²) in [4.78, 5) is 11.5. The topological polar surface area (TPSA) is 42.2 Å². The van der Waals surface area contributed by atoms with E-state index in [1.165, 1.54) is 0 Å². The highest BCUT2D eigenvalue weighted by atomic mass is 16.3. The molecule has 3 heteroatoms. The Bertz CT molecular complexity index is 356. The van der Waals surface area contributed by atoms with Crippen molar-refractivity contribution in [3.63, 3.8) is 0 Å². The second-order valence-electron chi connectivity index (χ2n) is 3.45. The third-order valence-corrected chi connectivity index (χ3v) is 2.62. The van der Waals surface area contributed by atoms with E-state index in [2.05, 4.69) is 0 Å². The van der Waals surface area contributed by atoms with Crippen LogP contribution in [0, 0.1) is 0 Å². The van der Waals surface area contributed by atoms with Gasteiger partial charge in [0.1, 0.15) is 0 Å². The lowest BCUT2D eigenvalue weighted by Crippen LogP contribution is -2.31. The maximum Gasteiger partial charge on any atom is 0.251 e. The molecule has 1 N–H and O–H groups in total. The lowest BCUT2D eigenvalue weighted by molar-refractivity contribution is 0.203. The number of aliphatic hydroxyl groups excluding tert-OH is 1. The maximum absolute atomic E-state index is 11.5. The Hall–Kier alpha value is -1.09. The van der Waals surface area contributed by atoms with Crippen molar-refractivity contribution in [2.24, 2.45) is 0 Å². The Morgan fingerprint density at radius 3 is 3.15 bits per heavy atom. The van der Waals surface area contributed by atoms with Gasteiger partial charge in [-0.25, -0.2) is 0 Å². The van der Waals surface area contributed by atoms with Crippen molar-refractivity contribution < 1.29 is 5.11 Å². The van der Waals surface area contributed by atoms with Crippen LogP contribution in [0.1, 0.15) is 24.6 Å². The highest BCUT2D eigenvalue weighted by molar-refractivity contribution is 5.10. The molecule has 0 fully saturated rings. The Labute approximate surface area is 76.6 Å². The molecule has 3 nitrogen and oxygen atoms in total. The molecule has 0 spiro atoms. The average molecular weight is 179 g/mol. The van der Waals surface area contributed by atoms with Crippen molar-refractivity contribution in [2.45, 2.75) is 25.3 Å². The molecule has 1 aliphatic heterocycles. The standard InChI is InChI=1S/C10H13NO2/c12-7-9-5-1-3-8-4-2-6-10(13)11(8)9/h2,4,6,9,12H,1,3,5,7H2. The van der Waals surface area contributed by atoms with Crippen LogP contribution < -0.4 is 5.56 Å². The van der Waals surface area contributed by atoms with E-state index in [1.807, 2.05) is 6.07 Å². The minimum Gasteiger partial charge on any atom is -0.394 e. The minimum atomic E-state index is -0.00236. The first-order chi connectivity index (χ1) is 6.33. The molecule has 70 valence electrons. The lowest BCUT2D eigenvalue weighted by Gasteiger charge is -2.25. The number of pyridine rings is 1. The molecule has 13 heavy (non-hydrogen) atoms. The fraction of sp³-hybridized carbons (Fsp3) is 0.500. The van der Waals surface area contributed by atoms with Crippen molar-refractivity contribution in [3.8, 4) is 0 Å². The summed E-state index contributed by atoms with van der Waals surface area (Å²) in [6.07, 6.45) is 2.93. The van der Waals surface area contributed by atoms with E-state index in [-0.39, 0.29) is 18.2 Å². The normalized spacial score (nSPS) is 21.2. The number of aryl methyl sites for hydroxylation is 1. The monoisotopic (exact) mass is 179 g/mol. The number of nitrogens with zero attached hydrogens (tertiary/aromatic N) is 1. The summed E-state index contributed by atoms with van der Waals surface area (Å²) >= 11 is 0. The van der Waals surface area contributed by atoms with Gasteiger partial charge in [-0.15, -0.1) is 0 Å². The molecule has 2 rings (SSSR count). The van der Waals surface area contributed by atoms with Gasteiger partial charge in [-0.2, -0.15) is 0 Å². The molecule has 0 saturated carbocycles. The number of aromatic nitrogens is 1. The highest BCUT2D eigenvalue weighted by Gasteiger charge is 2.18. The Kier molecular flexibility index (Phi) is 2.19. The SMILES string of the molecule is O=c1cccc2n1C(CO)CCC2. The van der Waals surface area contributed by atoms with Crippen LogP contribution in [0.3, 0.4) is 0 Å². The average Bonchev–Trinajstić information content (AvgIpc) is 2.17. The summed E-state index contributed by atoms with van der Waals surface area (Å²) in [5, 5.41) is 9.10. The van der Waals surface area contributed by atoms with E-state index in [4.69, 9.17) is 5.11 Å². The molecule has 0 aromatic carbocycles. The zero-order chi connectivity index (χ0) is 9.26. The molecular weight excluding hydrogens is 166 g/mol. The molecule has 0 bridgehead atoms. The quantitative estimate of drug-likeness (QED) is 0.690. The smallest absolute Gasteiger partial charge is 0.251 e. The molecule has 1 aromatic rings. The summed E-state index contributed by atoms with van der Waals surface area (Å²) in [6, 6.07) is 5.30. The Balaban J connectivity index is 2.53. The molecule has 1 aromatic heterocycles. The minimum absolute atomic E-state index is 0.00236. The van der Waals surface area contributed by atoms with Gasteiger partial charge in [0, 0.05) is 11.8 Å². The van der Waals surface area contributed by atoms with Crippen LogP contribution in [-0.2, 0) is 6.42 Å². The number of aliphatic hydroxyl groups is 1. The Morgan fingerprint density at radius 2 is 2.38 bits per heavy atom. The van der Waals surface area contributed by atoms with E-state index in [0.29, 0.717) is 0 Å². The molecule has 1 atom stereocenters. The van der Waals surface area contributed by atoms with Crippen LogP contribution in [0.5, 0.6) is 0 Å². The first kappa shape index (κ1) is 8.51. The van der Waals surface area contributed by atoms with Gasteiger partial charge in [0.15, 0.2) is 0 Å². The predicted octanol–water partition coefficient (Wildman–Crippen LogP) is 0.718. The number of rotatable bonds is 1. The van der Waals surface area contributed by atoms with E-state index < -0.39 is 0 Å². The second-order valence-corrected chi connectivity index (χ2v) is 3.45. The third kappa shape index (κ3) is 1.40. The van der Waals surface area contributed by atoms with Gasteiger partial charge in [-0.05, 0) is 25.3 Å². The molecule has 0 amide bonds. The van der Waals surface area contributed by atoms with E-state index in [9.17, 15) is 4.79 Å². The lowest BCUT2D eigenvalue weighted by atomic mass is 10.0. The molecule has 2 heterocycles. The second kappa shape index (κ2) is 3.34.